The van der Waals surface area contributed by atoms with Crippen molar-refractivity contribution in [3.8, 4) is 11.5 Å². The summed E-state index contributed by atoms with van der Waals surface area (Å²) in [6.45, 7) is 6.86. The van der Waals surface area contributed by atoms with Gasteiger partial charge >= 0.3 is 5.97 Å². The van der Waals surface area contributed by atoms with Crippen LogP contribution >= 0.6 is 0 Å². The number of ether oxygens (including phenoxy) is 3. The third-order valence-electron chi connectivity index (χ3n) is 3.81. The standard InChI is InChI=1S/C18H28N2O5/c1-5-18(3,17(22)23-4)20-13-16(21)19-11-12-25-15-9-7-14(8-10-15)24-6-2/h7-10,20H,5-6,11-13H2,1-4H3,(H,19,21). The molecule has 0 aliphatic rings. The second-order valence-corrected chi connectivity index (χ2v) is 5.63. The number of amides is 1. The number of methoxy groups -OCH3 is 1. The highest BCUT2D eigenvalue weighted by atomic mass is 16.5. The fraction of sp³-hybridized carbons (Fsp3) is 0.556. The smallest absolute Gasteiger partial charge is 0.325 e. The predicted molar refractivity (Wildman–Crippen MR) is 94.8 cm³/mol. The van der Waals surface area contributed by atoms with Gasteiger partial charge in [0.05, 0.1) is 26.8 Å². The molecular weight excluding hydrogens is 324 g/mol. The van der Waals surface area contributed by atoms with Crippen LogP contribution in [0.25, 0.3) is 0 Å². The number of esters is 1. The van der Waals surface area contributed by atoms with Crippen molar-refractivity contribution in [3.05, 3.63) is 24.3 Å². The molecule has 1 rings (SSSR count). The van der Waals surface area contributed by atoms with Crippen molar-refractivity contribution in [1.82, 2.24) is 10.6 Å². The first-order valence-corrected chi connectivity index (χ1v) is 8.41. The molecule has 25 heavy (non-hydrogen) atoms. The molecule has 0 radical (unpaired) electrons. The monoisotopic (exact) mass is 352 g/mol. The van der Waals surface area contributed by atoms with Crippen LogP contribution in [-0.2, 0) is 14.3 Å². The molecule has 0 fully saturated rings. The predicted octanol–water partition coefficient (Wildman–Crippen LogP) is 1.51. The van der Waals surface area contributed by atoms with Crippen LogP contribution in [0.15, 0.2) is 24.3 Å². The van der Waals surface area contributed by atoms with E-state index in [0.29, 0.717) is 31.9 Å². The Morgan fingerprint density at radius 1 is 1.08 bits per heavy atom. The maximum absolute atomic E-state index is 11.8. The highest BCUT2D eigenvalue weighted by Crippen LogP contribution is 2.17. The van der Waals surface area contributed by atoms with Gasteiger partial charge in [0.1, 0.15) is 23.6 Å². The van der Waals surface area contributed by atoms with E-state index in [9.17, 15) is 9.59 Å². The van der Waals surface area contributed by atoms with Crippen molar-refractivity contribution in [1.29, 1.82) is 0 Å². The number of nitrogens with one attached hydrogen (secondary N) is 2. The van der Waals surface area contributed by atoms with E-state index in [0.717, 1.165) is 5.75 Å². The minimum Gasteiger partial charge on any atom is -0.494 e. The van der Waals surface area contributed by atoms with Crippen molar-refractivity contribution >= 4 is 11.9 Å². The first-order chi connectivity index (χ1) is 11.9. The van der Waals surface area contributed by atoms with Crippen LogP contribution in [0.5, 0.6) is 11.5 Å². The molecule has 1 amide bonds. The van der Waals surface area contributed by atoms with E-state index in [2.05, 4.69) is 10.6 Å². The topological polar surface area (TPSA) is 85.9 Å². The number of carbonyl (C=O) groups is 2. The van der Waals surface area contributed by atoms with E-state index in [1.165, 1.54) is 7.11 Å². The van der Waals surface area contributed by atoms with Crippen molar-refractivity contribution in [2.45, 2.75) is 32.7 Å². The zero-order valence-electron chi connectivity index (χ0n) is 15.4. The highest BCUT2D eigenvalue weighted by molar-refractivity contribution is 5.82. The average Bonchev–Trinajstić information content (AvgIpc) is 2.64. The summed E-state index contributed by atoms with van der Waals surface area (Å²) in [5.41, 5.74) is -0.870. The number of hydrogen-bond donors (Lipinski definition) is 2. The third-order valence-corrected chi connectivity index (χ3v) is 3.81. The van der Waals surface area contributed by atoms with Gasteiger partial charge in [0.2, 0.25) is 5.91 Å². The number of rotatable bonds is 11. The van der Waals surface area contributed by atoms with Crippen LogP contribution in [-0.4, -0.2) is 50.8 Å². The maximum atomic E-state index is 11.8. The number of carbonyl (C=O) groups excluding carboxylic acids is 2. The molecule has 0 saturated carbocycles. The summed E-state index contributed by atoms with van der Waals surface area (Å²) < 4.78 is 15.6. The van der Waals surface area contributed by atoms with E-state index in [4.69, 9.17) is 14.2 Å². The fourth-order valence-corrected chi connectivity index (χ4v) is 2.06. The molecule has 7 nitrogen and oxygen atoms in total. The van der Waals surface area contributed by atoms with Gasteiger partial charge in [-0.05, 0) is 44.5 Å². The van der Waals surface area contributed by atoms with Gasteiger partial charge in [-0.3, -0.25) is 14.9 Å². The van der Waals surface area contributed by atoms with Gasteiger partial charge in [0.25, 0.3) is 0 Å². The molecule has 1 aromatic carbocycles. The van der Waals surface area contributed by atoms with Gasteiger partial charge in [-0.15, -0.1) is 0 Å². The molecule has 0 aliphatic heterocycles. The van der Waals surface area contributed by atoms with Crippen molar-refractivity contribution < 1.29 is 23.8 Å². The van der Waals surface area contributed by atoms with Crippen LogP contribution in [0.3, 0.4) is 0 Å². The lowest BCUT2D eigenvalue weighted by atomic mass is 9.99. The summed E-state index contributed by atoms with van der Waals surface area (Å²) in [6, 6.07) is 7.30. The highest BCUT2D eigenvalue weighted by Gasteiger charge is 2.32. The lowest BCUT2D eigenvalue weighted by Crippen LogP contribution is -2.53. The lowest BCUT2D eigenvalue weighted by Gasteiger charge is -2.26. The van der Waals surface area contributed by atoms with Gasteiger partial charge in [0, 0.05) is 0 Å². The van der Waals surface area contributed by atoms with Crippen LogP contribution in [0.1, 0.15) is 27.2 Å². The Morgan fingerprint density at radius 2 is 1.68 bits per heavy atom. The summed E-state index contributed by atoms with van der Waals surface area (Å²) in [5, 5.41) is 5.67. The van der Waals surface area contributed by atoms with Crippen LogP contribution in [0.2, 0.25) is 0 Å². The minimum absolute atomic E-state index is 0.0303. The van der Waals surface area contributed by atoms with Crippen molar-refractivity contribution in [2.24, 2.45) is 0 Å². The van der Waals surface area contributed by atoms with E-state index < -0.39 is 5.54 Å². The molecule has 0 spiro atoms. The summed E-state index contributed by atoms with van der Waals surface area (Å²) in [5.74, 6) is 0.902. The Morgan fingerprint density at radius 3 is 2.20 bits per heavy atom. The molecule has 0 aliphatic carbocycles. The van der Waals surface area contributed by atoms with Crippen molar-refractivity contribution in [2.75, 3.05) is 33.4 Å². The van der Waals surface area contributed by atoms with E-state index in [-0.39, 0.29) is 18.4 Å². The molecule has 0 aromatic heterocycles. The van der Waals surface area contributed by atoms with Crippen LogP contribution in [0.4, 0.5) is 0 Å². The van der Waals surface area contributed by atoms with E-state index >= 15 is 0 Å². The van der Waals surface area contributed by atoms with E-state index in [1.807, 2.05) is 38.1 Å². The normalized spacial score (nSPS) is 12.8. The minimum atomic E-state index is -0.870. The molecule has 0 saturated heterocycles. The summed E-state index contributed by atoms with van der Waals surface area (Å²) in [6.07, 6.45) is 0.522. The Labute approximate surface area is 149 Å². The summed E-state index contributed by atoms with van der Waals surface area (Å²) >= 11 is 0. The Balaban J connectivity index is 2.27. The number of benzene rings is 1. The zero-order valence-corrected chi connectivity index (χ0v) is 15.4. The first-order valence-electron chi connectivity index (χ1n) is 8.41. The molecule has 2 N–H and O–H groups in total. The van der Waals surface area contributed by atoms with E-state index in [1.54, 1.807) is 6.92 Å². The van der Waals surface area contributed by atoms with Gasteiger partial charge < -0.3 is 19.5 Å². The Bertz CT molecular complexity index is 547. The van der Waals surface area contributed by atoms with Gasteiger partial charge in [-0.2, -0.15) is 0 Å². The zero-order chi connectivity index (χ0) is 18.7. The molecule has 0 heterocycles. The fourth-order valence-electron chi connectivity index (χ4n) is 2.06. The second-order valence-electron chi connectivity index (χ2n) is 5.63. The summed E-state index contributed by atoms with van der Waals surface area (Å²) in [7, 11) is 1.33. The van der Waals surface area contributed by atoms with Crippen LogP contribution < -0.4 is 20.1 Å². The summed E-state index contributed by atoms with van der Waals surface area (Å²) in [4.78, 5) is 23.6. The lowest BCUT2D eigenvalue weighted by molar-refractivity contribution is -0.148. The largest absolute Gasteiger partial charge is 0.494 e. The number of hydrogen-bond acceptors (Lipinski definition) is 6. The average molecular weight is 352 g/mol. The van der Waals surface area contributed by atoms with Gasteiger partial charge in [0.15, 0.2) is 0 Å². The van der Waals surface area contributed by atoms with Gasteiger partial charge in [-0.1, -0.05) is 6.92 Å². The Hall–Kier alpha value is -2.28. The SMILES string of the molecule is CCOc1ccc(OCCNC(=O)CNC(C)(CC)C(=O)OC)cc1. The quantitative estimate of drug-likeness (QED) is 0.464. The molecule has 7 heteroatoms. The molecule has 1 atom stereocenters. The van der Waals surface area contributed by atoms with Crippen molar-refractivity contribution in [3.63, 3.8) is 0 Å². The van der Waals surface area contributed by atoms with Crippen LogP contribution in [0, 0.1) is 0 Å². The molecule has 0 bridgehead atoms. The molecule has 1 aromatic rings. The maximum Gasteiger partial charge on any atom is 0.325 e. The first kappa shape index (κ1) is 20.8. The van der Waals surface area contributed by atoms with Gasteiger partial charge in [-0.25, -0.2) is 0 Å². The second kappa shape index (κ2) is 10.6. The molecule has 1 unspecified atom stereocenters. The molecular formula is C18H28N2O5. The molecule has 140 valence electrons. The Kier molecular flexibility index (Phi) is 8.77. The third kappa shape index (κ3) is 7.01.